The minimum absolute atomic E-state index is 0.0382. The highest BCUT2D eigenvalue weighted by Crippen LogP contribution is 2.41. The molecule has 4 amide bonds. The Morgan fingerprint density at radius 3 is 1.22 bits per heavy atom. The molecule has 11 nitrogen and oxygen atoms in total. The van der Waals surface area contributed by atoms with E-state index in [-0.39, 0.29) is 41.1 Å². The molecule has 1 aromatic heterocycles. The molecular weight excluding hydrogens is 753 g/mol. The standard InChI is InChI=1S/C9H13NO2.C9H18O.C8H11NO2.C7H12N2S.C7H14O.C6H12O/c1-5(2)10-8(11)6(3)7(4)9(10)12;1-6(2)7-8(10-7)9(3,4)5;1-5(2)9-7(10)4-6(3)8(9)11;1-5-8-6(9-10-5)7(2,3)4;1-5-6(8-5)7(2,3)4;1-6(2,3)5-4-7-5/h5H,1-4H3;6-8H,1-5H3;4-5H,1-3H3;1-4H3;5-6H,1-4H3;5H,4H2,1-3H3. The Hall–Kier alpha value is -2.80. The van der Waals surface area contributed by atoms with Gasteiger partial charge in [-0.2, -0.15) is 4.37 Å². The first-order valence-corrected chi connectivity index (χ1v) is 21.7. The van der Waals surface area contributed by atoms with Crippen LogP contribution in [0.4, 0.5) is 0 Å². The lowest BCUT2D eigenvalue weighted by atomic mass is 9.87. The van der Waals surface area contributed by atoms with Crippen LogP contribution in [0.15, 0.2) is 22.8 Å². The van der Waals surface area contributed by atoms with Crippen LogP contribution < -0.4 is 0 Å². The molecule has 12 heteroatoms. The maximum Gasteiger partial charge on any atom is 0.257 e. The van der Waals surface area contributed by atoms with Crippen molar-refractivity contribution in [3.63, 3.8) is 0 Å². The fourth-order valence-electron chi connectivity index (χ4n) is 5.91. The Balaban J connectivity index is 0.000000351. The van der Waals surface area contributed by atoms with Gasteiger partial charge in [0.2, 0.25) is 0 Å². The molecule has 0 bridgehead atoms. The van der Waals surface area contributed by atoms with Crippen molar-refractivity contribution < 1.29 is 33.4 Å². The molecule has 0 aromatic carbocycles. The highest BCUT2D eigenvalue weighted by molar-refractivity contribution is 7.05. The summed E-state index contributed by atoms with van der Waals surface area (Å²) in [5.41, 5.74) is 2.88. The molecule has 1 aromatic rings. The lowest BCUT2D eigenvalue weighted by Gasteiger charge is -2.18. The number of imide groups is 2. The number of aromatic nitrogens is 2. The van der Waals surface area contributed by atoms with Crippen LogP contribution in [0.3, 0.4) is 0 Å². The Morgan fingerprint density at radius 1 is 0.672 bits per heavy atom. The van der Waals surface area contributed by atoms with Crippen LogP contribution in [0.5, 0.6) is 0 Å². The van der Waals surface area contributed by atoms with Crippen LogP contribution in [-0.4, -0.2) is 92.0 Å². The number of aryl methyl sites for hydroxylation is 1. The number of amides is 4. The molecule has 0 spiro atoms. The fraction of sp³-hybridized carbons (Fsp3) is 0.783. The fourth-order valence-corrected chi connectivity index (χ4v) is 6.57. The Labute approximate surface area is 356 Å². The first-order valence-electron chi connectivity index (χ1n) is 20.9. The third kappa shape index (κ3) is 16.7. The third-order valence-corrected chi connectivity index (χ3v) is 10.5. The third-order valence-electron chi connectivity index (χ3n) is 9.91. The van der Waals surface area contributed by atoms with Crippen molar-refractivity contribution >= 4 is 35.2 Å². The first-order chi connectivity index (χ1) is 26.0. The summed E-state index contributed by atoms with van der Waals surface area (Å²) in [7, 11) is 0. The Bertz CT molecular complexity index is 1600. The molecule has 5 aliphatic heterocycles. The normalized spacial score (nSPS) is 23.9. The van der Waals surface area contributed by atoms with E-state index in [1.54, 1.807) is 20.8 Å². The highest BCUT2D eigenvalue weighted by atomic mass is 32.1. The second kappa shape index (κ2) is 20.6. The van der Waals surface area contributed by atoms with Crippen molar-refractivity contribution in [2.45, 2.75) is 207 Å². The number of hydrogen-bond donors (Lipinski definition) is 0. The second-order valence-corrected chi connectivity index (χ2v) is 22.0. The molecule has 6 rings (SSSR count). The number of carbonyl (C=O) groups is 4. The summed E-state index contributed by atoms with van der Waals surface area (Å²) in [6.07, 6.45) is 3.99. The maximum atomic E-state index is 11.4. The topological polar surface area (TPSA) is 138 Å². The van der Waals surface area contributed by atoms with E-state index in [1.807, 2.05) is 34.6 Å². The summed E-state index contributed by atoms with van der Waals surface area (Å²) in [5.74, 6) is 0.992. The predicted octanol–water partition coefficient (Wildman–Crippen LogP) is 9.66. The summed E-state index contributed by atoms with van der Waals surface area (Å²) < 4.78 is 20.1. The molecule has 5 unspecified atom stereocenters. The summed E-state index contributed by atoms with van der Waals surface area (Å²) in [6, 6.07) is -0.0823. The molecule has 0 aliphatic carbocycles. The van der Waals surface area contributed by atoms with Gasteiger partial charge in [0.25, 0.3) is 23.6 Å². The summed E-state index contributed by atoms with van der Waals surface area (Å²) in [6.45, 7) is 48.2. The summed E-state index contributed by atoms with van der Waals surface area (Å²) in [4.78, 5) is 51.9. The molecule has 58 heavy (non-hydrogen) atoms. The average molecular weight is 833 g/mol. The molecule has 3 saturated heterocycles. The van der Waals surface area contributed by atoms with Crippen molar-refractivity contribution in [2.75, 3.05) is 6.61 Å². The van der Waals surface area contributed by atoms with Gasteiger partial charge in [-0.1, -0.05) is 96.9 Å². The van der Waals surface area contributed by atoms with Gasteiger partial charge in [0.15, 0.2) is 0 Å². The van der Waals surface area contributed by atoms with E-state index in [0.717, 1.165) is 17.4 Å². The van der Waals surface area contributed by atoms with Crippen molar-refractivity contribution in [2.24, 2.45) is 22.2 Å². The molecule has 3 fully saturated rings. The van der Waals surface area contributed by atoms with Crippen LogP contribution in [0, 0.1) is 29.1 Å². The highest BCUT2D eigenvalue weighted by Gasteiger charge is 2.48. The maximum absolute atomic E-state index is 11.4. The quantitative estimate of drug-likeness (QED) is 0.215. The first kappa shape index (κ1) is 53.2. The van der Waals surface area contributed by atoms with Gasteiger partial charge >= 0.3 is 0 Å². The van der Waals surface area contributed by atoms with E-state index >= 15 is 0 Å². The van der Waals surface area contributed by atoms with E-state index in [1.165, 1.54) is 27.4 Å². The van der Waals surface area contributed by atoms with Gasteiger partial charge in [-0.15, -0.1) is 0 Å². The van der Waals surface area contributed by atoms with Crippen molar-refractivity contribution in [1.29, 1.82) is 0 Å². The lowest BCUT2D eigenvalue weighted by Crippen LogP contribution is -2.37. The Kier molecular flexibility index (Phi) is 18.9. The van der Waals surface area contributed by atoms with Gasteiger partial charge in [0.05, 0.1) is 37.1 Å². The molecule has 0 radical (unpaired) electrons. The van der Waals surface area contributed by atoms with Crippen molar-refractivity contribution in [3.05, 3.63) is 33.6 Å². The van der Waals surface area contributed by atoms with Crippen molar-refractivity contribution in [1.82, 2.24) is 19.2 Å². The monoisotopic (exact) mass is 833 g/mol. The molecule has 0 saturated carbocycles. The van der Waals surface area contributed by atoms with E-state index in [2.05, 4.69) is 113 Å². The average Bonchev–Trinajstić information content (AvgIpc) is 3.95. The van der Waals surface area contributed by atoms with Crippen LogP contribution in [0.1, 0.15) is 163 Å². The van der Waals surface area contributed by atoms with Crippen LogP contribution in [0.2, 0.25) is 0 Å². The van der Waals surface area contributed by atoms with Crippen LogP contribution in [-0.2, 0) is 38.8 Å². The SMILES string of the molecule is CC(C)(C)C1CO1.CC(C)C1OC1C(C)(C)C.CC1=C(C)C(=O)N(C(C)C)C1=O.CC1=CC(=O)N(C(C)C)C1=O.CC1OC1C(C)(C)C.Cc1nc(C(C)(C)C)ns1. The Morgan fingerprint density at radius 2 is 1.10 bits per heavy atom. The zero-order valence-electron chi connectivity index (χ0n) is 40.5. The van der Waals surface area contributed by atoms with Gasteiger partial charge in [-0.05, 0) is 96.0 Å². The summed E-state index contributed by atoms with van der Waals surface area (Å²) >= 11 is 1.47. The number of carbonyl (C=O) groups excluding carboxylic acids is 4. The number of ether oxygens (including phenoxy) is 3. The van der Waals surface area contributed by atoms with E-state index in [0.29, 0.717) is 69.4 Å². The zero-order valence-corrected chi connectivity index (χ0v) is 41.3. The predicted molar refractivity (Wildman–Crippen MR) is 235 cm³/mol. The van der Waals surface area contributed by atoms with Gasteiger partial charge in [0, 0.05) is 40.3 Å². The van der Waals surface area contributed by atoms with E-state index in [9.17, 15) is 19.2 Å². The minimum Gasteiger partial charge on any atom is -0.373 e. The van der Waals surface area contributed by atoms with Gasteiger partial charge in [-0.25, -0.2) is 4.98 Å². The molecule has 332 valence electrons. The van der Waals surface area contributed by atoms with Crippen LogP contribution in [0.25, 0.3) is 0 Å². The number of epoxide rings is 3. The van der Waals surface area contributed by atoms with Gasteiger partial charge in [-0.3, -0.25) is 29.0 Å². The van der Waals surface area contributed by atoms with E-state index in [4.69, 9.17) is 14.2 Å². The largest absolute Gasteiger partial charge is 0.373 e. The van der Waals surface area contributed by atoms with E-state index < -0.39 is 0 Å². The summed E-state index contributed by atoms with van der Waals surface area (Å²) in [5, 5.41) is 1.05. The molecule has 5 atom stereocenters. The smallest absolute Gasteiger partial charge is 0.257 e. The number of nitrogens with zero attached hydrogens (tertiary/aromatic N) is 4. The molecule has 6 heterocycles. The number of rotatable bonds is 3. The van der Waals surface area contributed by atoms with Gasteiger partial charge in [0.1, 0.15) is 10.8 Å². The van der Waals surface area contributed by atoms with Crippen LogP contribution >= 0.6 is 11.5 Å². The molecule has 5 aliphatic rings. The minimum atomic E-state index is -0.192. The second-order valence-electron chi connectivity index (χ2n) is 21.1. The van der Waals surface area contributed by atoms with Crippen molar-refractivity contribution in [3.8, 4) is 0 Å². The molecular formula is C46H80N4O7S. The number of hydrogen-bond acceptors (Lipinski definition) is 10. The van der Waals surface area contributed by atoms with Gasteiger partial charge < -0.3 is 14.2 Å². The molecule has 0 N–H and O–H groups in total. The lowest BCUT2D eigenvalue weighted by molar-refractivity contribution is -0.140. The zero-order chi connectivity index (χ0) is 45.6.